The largest absolute Gasteiger partial charge is 0.733 e. The maximum Gasteiger partial charge on any atom is 0.165 e. The molecule has 1 aromatic heterocycles. The molecule has 0 aliphatic heterocycles. The number of hydrogen-bond acceptors (Lipinski definition) is 6. The van der Waals surface area contributed by atoms with Gasteiger partial charge in [0.05, 0.1) is 5.69 Å². The lowest BCUT2D eigenvalue weighted by molar-refractivity contribution is 0.296. The van der Waals surface area contributed by atoms with Crippen molar-refractivity contribution in [1.82, 2.24) is 4.98 Å². The lowest BCUT2D eigenvalue weighted by Crippen LogP contribution is -2.15. The van der Waals surface area contributed by atoms with Crippen LogP contribution in [0.15, 0.2) is 18.3 Å². The maximum atomic E-state index is 10.4. The number of nitrogens with one attached hydrogen (secondary N) is 1. The first-order valence-corrected chi connectivity index (χ1v) is 2.83. The molecule has 6 heteroatoms. The molecule has 1 rings (SSSR count). The van der Waals surface area contributed by atoms with Crippen molar-refractivity contribution in [2.45, 2.75) is 0 Å². The molecule has 0 aromatic carbocycles. The van der Waals surface area contributed by atoms with E-state index in [0.717, 1.165) is 0 Å². The van der Waals surface area contributed by atoms with Crippen LogP contribution in [0.3, 0.4) is 0 Å². The van der Waals surface area contributed by atoms with Crippen LogP contribution in [0.5, 0.6) is 0 Å². The molecule has 0 saturated carbocycles. The van der Waals surface area contributed by atoms with Gasteiger partial charge >= 0.3 is 0 Å². The standard InChI is InChI=1S/C5H7N4O2/c6-8-5-4(9(10)11)2-1-3-7-5/h1-3,10H,6H2,(H,7,8)/q-1. The van der Waals surface area contributed by atoms with Crippen molar-refractivity contribution in [1.29, 1.82) is 0 Å². The van der Waals surface area contributed by atoms with Gasteiger partial charge < -0.3 is 15.9 Å². The number of rotatable bonds is 2. The van der Waals surface area contributed by atoms with Gasteiger partial charge in [-0.2, -0.15) is 0 Å². The van der Waals surface area contributed by atoms with Gasteiger partial charge in [0.15, 0.2) is 5.82 Å². The lowest BCUT2D eigenvalue weighted by atomic mass is 10.4. The van der Waals surface area contributed by atoms with Crippen molar-refractivity contribution < 1.29 is 5.21 Å². The van der Waals surface area contributed by atoms with E-state index in [0.29, 0.717) is 0 Å². The van der Waals surface area contributed by atoms with Gasteiger partial charge in [-0.25, -0.2) is 10.8 Å². The molecule has 0 fully saturated rings. The van der Waals surface area contributed by atoms with E-state index in [9.17, 15) is 5.21 Å². The summed E-state index contributed by atoms with van der Waals surface area (Å²) < 4.78 is 0. The fraction of sp³-hybridized carbons (Fsp3) is 0. The second-order valence-corrected chi connectivity index (χ2v) is 1.79. The number of anilines is 2. The van der Waals surface area contributed by atoms with E-state index in [1.165, 1.54) is 18.3 Å². The molecule has 4 N–H and O–H groups in total. The van der Waals surface area contributed by atoms with Crippen LogP contribution in [0.2, 0.25) is 0 Å². The Labute approximate surface area is 62.8 Å². The van der Waals surface area contributed by atoms with Crippen LogP contribution in [-0.2, 0) is 0 Å². The minimum absolute atomic E-state index is 0.0185. The number of nitrogens with zero attached hydrogens (tertiary/aromatic N) is 2. The van der Waals surface area contributed by atoms with E-state index >= 15 is 0 Å². The third-order valence-electron chi connectivity index (χ3n) is 1.13. The first kappa shape index (κ1) is 7.73. The van der Waals surface area contributed by atoms with Crippen LogP contribution in [-0.4, -0.2) is 10.2 Å². The van der Waals surface area contributed by atoms with Gasteiger partial charge in [0, 0.05) is 6.20 Å². The molecular formula is C5H7N4O2-. The second kappa shape index (κ2) is 3.15. The summed E-state index contributed by atoms with van der Waals surface area (Å²) in [6, 6.07) is 2.90. The third kappa shape index (κ3) is 1.55. The summed E-state index contributed by atoms with van der Waals surface area (Å²) in [4.78, 5) is 3.68. The minimum Gasteiger partial charge on any atom is -0.733 e. The van der Waals surface area contributed by atoms with E-state index in [-0.39, 0.29) is 16.7 Å². The van der Waals surface area contributed by atoms with Gasteiger partial charge in [0.25, 0.3) is 0 Å². The summed E-state index contributed by atoms with van der Waals surface area (Å²) in [5.74, 6) is 5.13. The fourth-order valence-corrected chi connectivity index (χ4v) is 0.662. The first-order chi connectivity index (χ1) is 5.25. The molecular weight excluding hydrogens is 148 g/mol. The topological polar surface area (TPSA) is 97.5 Å². The predicted molar refractivity (Wildman–Crippen MR) is 39.7 cm³/mol. The molecule has 0 spiro atoms. The van der Waals surface area contributed by atoms with E-state index in [1.807, 2.05) is 0 Å². The van der Waals surface area contributed by atoms with Crippen LogP contribution >= 0.6 is 0 Å². The Kier molecular flexibility index (Phi) is 2.21. The van der Waals surface area contributed by atoms with Gasteiger partial charge in [-0.05, 0) is 12.1 Å². The van der Waals surface area contributed by atoms with Gasteiger partial charge in [-0.15, -0.1) is 0 Å². The quantitative estimate of drug-likeness (QED) is 0.412. The second-order valence-electron chi connectivity index (χ2n) is 1.79. The number of pyridine rings is 1. The van der Waals surface area contributed by atoms with Crippen molar-refractivity contribution in [3.05, 3.63) is 23.5 Å². The van der Waals surface area contributed by atoms with Crippen molar-refractivity contribution in [3.8, 4) is 0 Å². The average molecular weight is 155 g/mol. The molecule has 11 heavy (non-hydrogen) atoms. The fourth-order valence-electron chi connectivity index (χ4n) is 0.662. The van der Waals surface area contributed by atoms with Crippen molar-refractivity contribution >= 4 is 11.5 Å². The Hall–Kier alpha value is -1.37. The van der Waals surface area contributed by atoms with E-state index in [4.69, 9.17) is 11.0 Å². The molecule has 0 amide bonds. The highest BCUT2D eigenvalue weighted by atomic mass is 16.8. The van der Waals surface area contributed by atoms with Gasteiger partial charge in [0.2, 0.25) is 0 Å². The highest BCUT2D eigenvalue weighted by molar-refractivity contribution is 5.63. The zero-order valence-electron chi connectivity index (χ0n) is 5.56. The smallest absolute Gasteiger partial charge is 0.165 e. The van der Waals surface area contributed by atoms with Gasteiger partial charge in [-0.1, -0.05) is 0 Å². The summed E-state index contributed by atoms with van der Waals surface area (Å²) in [6.45, 7) is 0. The van der Waals surface area contributed by atoms with Gasteiger partial charge in [0.1, 0.15) is 0 Å². The highest BCUT2D eigenvalue weighted by Crippen LogP contribution is 2.18. The van der Waals surface area contributed by atoms with Crippen LogP contribution in [0.25, 0.3) is 0 Å². The van der Waals surface area contributed by atoms with Crippen LogP contribution in [0.4, 0.5) is 11.5 Å². The minimum atomic E-state index is -0.303. The Morgan fingerprint density at radius 2 is 2.45 bits per heavy atom. The number of nitrogen functional groups attached to an aromatic ring is 1. The molecule has 1 aromatic rings. The Morgan fingerprint density at radius 1 is 1.73 bits per heavy atom. The molecule has 1 heterocycles. The SMILES string of the molecule is NNc1ncccc1N([O-])O. The molecule has 0 bridgehead atoms. The normalized spacial score (nSPS) is 9.36. The number of nitrogens with two attached hydrogens (primary N) is 1. The molecule has 0 saturated heterocycles. The molecule has 60 valence electrons. The molecule has 0 atom stereocenters. The van der Waals surface area contributed by atoms with Crippen molar-refractivity contribution in [2.24, 2.45) is 5.84 Å². The van der Waals surface area contributed by atoms with Gasteiger partial charge in [-0.3, -0.25) is 5.21 Å². The van der Waals surface area contributed by atoms with Crippen LogP contribution < -0.4 is 16.5 Å². The summed E-state index contributed by atoms with van der Waals surface area (Å²) >= 11 is 0. The predicted octanol–water partition coefficient (Wildman–Crippen LogP) is 0.0606. The number of hydrogen-bond donors (Lipinski definition) is 3. The summed E-state index contributed by atoms with van der Waals surface area (Å²) in [7, 11) is 0. The molecule has 6 nitrogen and oxygen atoms in total. The Morgan fingerprint density at radius 3 is 2.91 bits per heavy atom. The first-order valence-electron chi connectivity index (χ1n) is 2.83. The van der Waals surface area contributed by atoms with Crippen LogP contribution in [0.1, 0.15) is 0 Å². The summed E-state index contributed by atoms with van der Waals surface area (Å²) in [5, 5.41) is 18.5. The third-order valence-corrected chi connectivity index (χ3v) is 1.13. The average Bonchev–Trinajstić information content (AvgIpc) is 2.04. The van der Waals surface area contributed by atoms with Crippen molar-refractivity contribution in [3.63, 3.8) is 0 Å². The number of hydrazine groups is 1. The zero-order chi connectivity index (χ0) is 8.27. The molecule has 0 unspecified atom stereocenters. The zero-order valence-corrected chi connectivity index (χ0v) is 5.56. The van der Waals surface area contributed by atoms with E-state index in [1.54, 1.807) is 0 Å². The Bertz CT molecular complexity index is 240. The maximum absolute atomic E-state index is 10.4. The van der Waals surface area contributed by atoms with E-state index in [2.05, 4.69) is 10.4 Å². The van der Waals surface area contributed by atoms with E-state index < -0.39 is 0 Å². The highest BCUT2D eigenvalue weighted by Gasteiger charge is 1.99. The molecule has 0 aliphatic rings. The summed E-state index contributed by atoms with van der Waals surface area (Å²) in [6.07, 6.45) is 1.45. The lowest BCUT2D eigenvalue weighted by Gasteiger charge is -2.22. The van der Waals surface area contributed by atoms with Crippen molar-refractivity contribution in [2.75, 3.05) is 10.7 Å². The number of aromatic nitrogens is 1. The molecule has 0 aliphatic carbocycles. The monoisotopic (exact) mass is 155 g/mol. The Balaban J connectivity index is 3.02. The van der Waals surface area contributed by atoms with Crippen LogP contribution in [0, 0.1) is 5.21 Å². The summed E-state index contributed by atoms with van der Waals surface area (Å²) in [5.41, 5.74) is 2.15. The molecule has 0 radical (unpaired) electrons.